The third-order valence-corrected chi connectivity index (χ3v) is 3.19. The van der Waals surface area contributed by atoms with Gasteiger partial charge < -0.3 is 21.7 Å². The first-order chi connectivity index (χ1) is 7.09. The van der Waals surface area contributed by atoms with E-state index in [0.717, 1.165) is 19.4 Å². The van der Waals surface area contributed by atoms with Crippen molar-refractivity contribution in [2.75, 3.05) is 6.54 Å². The van der Waals surface area contributed by atoms with Crippen molar-refractivity contribution in [3.8, 4) is 0 Å². The fraction of sp³-hybridized carbons (Fsp3) is 0.556. The summed E-state index contributed by atoms with van der Waals surface area (Å²) in [5, 5.41) is 18.4. The lowest BCUT2D eigenvalue weighted by Gasteiger charge is -2.47. The van der Waals surface area contributed by atoms with E-state index in [9.17, 15) is 0 Å². The maximum Gasteiger partial charge on any atom is 0.178 e. The van der Waals surface area contributed by atoms with Crippen molar-refractivity contribution in [2.24, 2.45) is 17.4 Å². The van der Waals surface area contributed by atoms with Gasteiger partial charge in [0, 0.05) is 18.9 Å². The predicted octanol–water partition coefficient (Wildman–Crippen LogP) is -0.659. The third-order valence-electron chi connectivity index (χ3n) is 3.19. The van der Waals surface area contributed by atoms with Crippen LogP contribution in [0.3, 0.4) is 0 Å². The lowest BCUT2D eigenvalue weighted by Crippen LogP contribution is -2.69. The molecule has 0 saturated carbocycles. The Balaban J connectivity index is 2.40. The molecule has 0 radical (unpaired) electrons. The highest BCUT2D eigenvalue weighted by Crippen LogP contribution is 2.34. The highest BCUT2D eigenvalue weighted by atomic mass is 15.4. The summed E-state index contributed by atoms with van der Waals surface area (Å²) in [6.07, 6.45) is 5.39. The van der Waals surface area contributed by atoms with Crippen molar-refractivity contribution in [1.82, 2.24) is 10.2 Å². The van der Waals surface area contributed by atoms with E-state index in [4.69, 9.17) is 22.3 Å². The van der Waals surface area contributed by atoms with E-state index in [1.165, 1.54) is 0 Å². The molecule has 0 aromatic heterocycles. The van der Waals surface area contributed by atoms with Crippen LogP contribution in [0.25, 0.3) is 0 Å². The van der Waals surface area contributed by atoms with Crippen molar-refractivity contribution < 1.29 is 0 Å². The summed E-state index contributed by atoms with van der Waals surface area (Å²) in [7, 11) is 0. The average Bonchev–Trinajstić information content (AvgIpc) is 2.60. The van der Waals surface area contributed by atoms with Gasteiger partial charge in [0.15, 0.2) is 5.66 Å². The van der Waals surface area contributed by atoms with Crippen LogP contribution in [0.1, 0.15) is 12.8 Å². The van der Waals surface area contributed by atoms with E-state index in [0.29, 0.717) is 0 Å². The molecule has 7 N–H and O–H groups in total. The van der Waals surface area contributed by atoms with Crippen LogP contribution in [0.15, 0.2) is 12.4 Å². The molecule has 0 bridgehead atoms. The van der Waals surface area contributed by atoms with Gasteiger partial charge in [0.05, 0.1) is 11.8 Å². The van der Waals surface area contributed by atoms with E-state index in [2.05, 4.69) is 5.32 Å². The van der Waals surface area contributed by atoms with Crippen LogP contribution >= 0.6 is 0 Å². The first-order valence-electron chi connectivity index (χ1n) is 4.98. The standard InChI is InChI=1S/C9H16N6/c10-7(11)6-2-1-4-15-5-3-14-9(6,15)8(12)13/h3,5-6,14H,1-2,4H2,(H3,10,11)(H3,12,13). The zero-order valence-electron chi connectivity index (χ0n) is 8.46. The Morgan fingerprint density at radius 1 is 1.47 bits per heavy atom. The van der Waals surface area contributed by atoms with Crippen LogP contribution in [0.5, 0.6) is 0 Å². The van der Waals surface area contributed by atoms with Gasteiger partial charge in [0.25, 0.3) is 0 Å². The second kappa shape index (κ2) is 3.15. The largest absolute Gasteiger partial charge is 0.387 e. The summed E-state index contributed by atoms with van der Waals surface area (Å²) >= 11 is 0. The molecule has 1 fully saturated rings. The van der Waals surface area contributed by atoms with Gasteiger partial charge in [-0.3, -0.25) is 10.8 Å². The van der Waals surface area contributed by atoms with Crippen molar-refractivity contribution >= 4 is 11.7 Å². The summed E-state index contributed by atoms with van der Waals surface area (Å²) in [6.45, 7) is 0.840. The topological polar surface area (TPSA) is 115 Å². The maximum absolute atomic E-state index is 7.71. The Bertz CT molecular complexity index is 335. The Morgan fingerprint density at radius 2 is 2.20 bits per heavy atom. The molecule has 0 amide bonds. The van der Waals surface area contributed by atoms with Gasteiger partial charge in [-0.05, 0) is 12.8 Å². The van der Waals surface area contributed by atoms with Crippen LogP contribution < -0.4 is 16.8 Å². The van der Waals surface area contributed by atoms with Crippen LogP contribution in [0, 0.1) is 16.7 Å². The number of piperidine rings is 1. The zero-order valence-corrected chi connectivity index (χ0v) is 8.46. The maximum atomic E-state index is 7.71. The summed E-state index contributed by atoms with van der Waals surface area (Å²) < 4.78 is 0. The minimum atomic E-state index is -0.788. The number of amidine groups is 2. The molecule has 0 aromatic carbocycles. The molecule has 1 saturated heterocycles. The second-order valence-corrected chi connectivity index (χ2v) is 3.98. The molecule has 6 heteroatoms. The molecule has 0 aromatic rings. The Labute approximate surface area is 88.3 Å². The third kappa shape index (κ3) is 1.17. The molecular weight excluding hydrogens is 192 g/mol. The molecular formula is C9H16N6. The molecule has 2 rings (SSSR count). The van der Waals surface area contributed by atoms with E-state index in [1.807, 2.05) is 11.1 Å². The molecule has 2 aliphatic heterocycles. The van der Waals surface area contributed by atoms with Gasteiger partial charge >= 0.3 is 0 Å². The molecule has 2 unspecified atom stereocenters. The summed E-state index contributed by atoms with van der Waals surface area (Å²) in [6, 6.07) is 0. The molecule has 0 spiro atoms. The first-order valence-corrected chi connectivity index (χ1v) is 4.98. The van der Waals surface area contributed by atoms with Crippen LogP contribution in [0.4, 0.5) is 0 Å². The monoisotopic (exact) mass is 208 g/mol. The lowest BCUT2D eigenvalue weighted by molar-refractivity contribution is 0.123. The van der Waals surface area contributed by atoms with Crippen molar-refractivity contribution in [1.29, 1.82) is 10.8 Å². The summed E-state index contributed by atoms with van der Waals surface area (Å²) in [4.78, 5) is 1.96. The van der Waals surface area contributed by atoms with Gasteiger partial charge in [-0.15, -0.1) is 0 Å². The highest BCUT2D eigenvalue weighted by Gasteiger charge is 2.51. The number of nitrogens with zero attached hydrogens (tertiary/aromatic N) is 1. The van der Waals surface area contributed by atoms with E-state index in [-0.39, 0.29) is 17.6 Å². The summed E-state index contributed by atoms with van der Waals surface area (Å²) in [5.74, 6) is -0.114. The van der Waals surface area contributed by atoms with Crippen molar-refractivity contribution in [2.45, 2.75) is 18.5 Å². The lowest BCUT2D eigenvalue weighted by atomic mass is 9.82. The van der Waals surface area contributed by atoms with E-state index >= 15 is 0 Å². The minimum Gasteiger partial charge on any atom is -0.387 e. The molecule has 2 atom stereocenters. The molecule has 15 heavy (non-hydrogen) atoms. The Hall–Kier alpha value is -1.72. The number of rotatable bonds is 2. The molecule has 82 valence electrons. The zero-order chi connectivity index (χ0) is 11.1. The highest BCUT2D eigenvalue weighted by molar-refractivity contribution is 5.95. The number of hydrogen-bond acceptors (Lipinski definition) is 4. The quantitative estimate of drug-likeness (QED) is 0.306. The van der Waals surface area contributed by atoms with Crippen LogP contribution in [-0.4, -0.2) is 28.8 Å². The SMILES string of the molecule is N=C(N)C1CCCN2C=CNC12C(=N)N. The van der Waals surface area contributed by atoms with Crippen LogP contribution in [-0.2, 0) is 0 Å². The van der Waals surface area contributed by atoms with Crippen LogP contribution in [0.2, 0.25) is 0 Å². The molecule has 0 aliphatic carbocycles. The second-order valence-electron chi connectivity index (χ2n) is 3.98. The first kappa shape index (κ1) is 9.82. The number of fused-ring (bicyclic) bond motifs is 1. The van der Waals surface area contributed by atoms with Crippen molar-refractivity contribution in [3.63, 3.8) is 0 Å². The van der Waals surface area contributed by atoms with Gasteiger partial charge in [0.2, 0.25) is 0 Å². The minimum absolute atomic E-state index is 0.0207. The van der Waals surface area contributed by atoms with Gasteiger partial charge in [-0.25, -0.2) is 0 Å². The Morgan fingerprint density at radius 3 is 2.80 bits per heavy atom. The van der Waals surface area contributed by atoms with Gasteiger partial charge in [-0.2, -0.15) is 0 Å². The molecule has 2 aliphatic rings. The number of nitrogens with two attached hydrogens (primary N) is 2. The predicted molar refractivity (Wildman–Crippen MR) is 58.3 cm³/mol. The summed E-state index contributed by atoms with van der Waals surface area (Å²) in [5.41, 5.74) is 10.5. The molecule has 2 heterocycles. The number of nitrogens with one attached hydrogen (secondary N) is 3. The number of hydrogen-bond donors (Lipinski definition) is 5. The van der Waals surface area contributed by atoms with E-state index in [1.54, 1.807) is 6.20 Å². The Kier molecular flexibility index (Phi) is 2.06. The van der Waals surface area contributed by atoms with Gasteiger partial charge in [-0.1, -0.05) is 0 Å². The molecule has 6 nitrogen and oxygen atoms in total. The fourth-order valence-corrected chi connectivity index (χ4v) is 2.48. The smallest absolute Gasteiger partial charge is 0.178 e. The van der Waals surface area contributed by atoms with Crippen molar-refractivity contribution in [3.05, 3.63) is 12.4 Å². The van der Waals surface area contributed by atoms with E-state index < -0.39 is 5.66 Å². The fourth-order valence-electron chi connectivity index (χ4n) is 2.48. The average molecular weight is 208 g/mol. The van der Waals surface area contributed by atoms with Gasteiger partial charge in [0.1, 0.15) is 5.84 Å². The normalized spacial score (nSPS) is 33.3.